The molecule has 0 spiro atoms. The highest BCUT2D eigenvalue weighted by atomic mass is 16.5. The first kappa shape index (κ1) is 30.4. The van der Waals surface area contributed by atoms with Gasteiger partial charge in [-0.05, 0) is 6.42 Å². The van der Waals surface area contributed by atoms with E-state index >= 15 is 0 Å². The lowest BCUT2D eigenvalue weighted by Crippen LogP contribution is -2.45. The van der Waals surface area contributed by atoms with Gasteiger partial charge in [-0.25, -0.2) is 4.79 Å². The molecule has 30 heavy (non-hydrogen) atoms. The molecule has 12 heteroatoms. The second-order valence-corrected chi connectivity index (χ2v) is 5.93. The van der Waals surface area contributed by atoms with Crippen molar-refractivity contribution in [3.63, 3.8) is 0 Å². The van der Waals surface area contributed by atoms with E-state index in [4.69, 9.17) is 44.5 Å². The average molecular weight is 442 g/mol. The quantitative estimate of drug-likeness (QED) is 0.163. The molecule has 0 aromatic rings. The highest BCUT2D eigenvalue weighted by Crippen LogP contribution is 2.22. The molecule has 0 saturated carbocycles. The molecule has 0 aliphatic carbocycles. The Morgan fingerprint density at radius 2 is 1.10 bits per heavy atom. The third-order valence-corrected chi connectivity index (χ3v) is 3.35. The van der Waals surface area contributed by atoms with E-state index in [1.54, 1.807) is 0 Å². The number of unbranched alkanes of at least 4 members (excludes halogenated alkanes) is 1. The van der Waals surface area contributed by atoms with Crippen molar-refractivity contribution in [1.29, 1.82) is 0 Å². The number of carbonyl (C=O) groups is 3. The van der Waals surface area contributed by atoms with Crippen LogP contribution in [0.25, 0.3) is 0 Å². The van der Waals surface area contributed by atoms with E-state index in [9.17, 15) is 14.4 Å². The Morgan fingerprint density at radius 3 is 1.40 bits per heavy atom. The molecular weight excluding hydrogens is 408 g/mol. The number of carboxylic acids is 3. The van der Waals surface area contributed by atoms with Crippen molar-refractivity contribution in [3.05, 3.63) is 0 Å². The molecule has 0 atom stereocenters. The maximum atomic E-state index is 11.0. The van der Waals surface area contributed by atoms with Crippen molar-refractivity contribution in [2.75, 3.05) is 59.5 Å². The smallest absolute Gasteiger partial charge is 0.337 e. The van der Waals surface area contributed by atoms with E-state index in [0.717, 1.165) is 6.42 Å². The number of ether oxygens (including phenoxy) is 4. The van der Waals surface area contributed by atoms with Gasteiger partial charge in [0.25, 0.3) is 0 Å². The van der Waals surface area contributed by atoms with Crippen LogP contribution in [-0.2, 0) is 33.3 Å². The average Bonchev–Trinajstić information content (AvgIpc) is 2.66. The molecule has 0 rings (SSSR count). The molecule has 5 N–H and O–H groups in total. The topological polar surface area (TPSA) is 189 Å². The standard InChI is InChI=1S/C10H16O7.C8H18O5/c1-2-3-4-17-10(9(15)16,5-7(11)12)6-8(13)14;9-1-3-11-5-7-13-8-6-12-4-2-10/h2-6H2,1H3,(H,11,12)(H,13,14)(H,15,16);9-10H,1-8H2. The minimum absolute atomic E-state index is 0.0172. The number of hydrogen-bond acceptors (Lipinski definition) is 9. The van der Waals surface area contributed by atoms with Gasteiger partial charge in [-0.1, -0.05) is 13.3 Å². The van der Waals surface area contributed by atoms with Gasteiger partial charge in [0.2, 0.25) is 0 Å². The SMILES string of the molecule is CCCCOC(CC(=O)O)(CC(=O)O)C(=O)O.OCCOCCOCCOCCO. The van der Waals surface area contributed by atoms with Crippen molar-refractivity contribution in [1.82, 2.24) is 0 Å². The Hall–Kier alpha value is -1.83. The van der Waals surface area contributed by atoms with Gasteiger partial charge in [-0.2, -0.15) is 0 Å². The highest BCUT2D eigenvalue weighted by Gasteiger charge is 2.44. The molecule has 0 aliphatic heterocycles. The molecule has 0 radical (unpaired) electrons. The first-order valence-electron chi connectivity index (χ1n) is 9.51. The van der Waals surface area contributed by atoms with Crippen LogP contribution in [0.3, 0.4) is 0 Å². The number of aliphatic hydroxyl groups is 2. The summed E-state index contributed by atoms with van der Waals surface area (Å²) < 4.78 is 20.0. The summed E-state index contributed by atoms with van der Waals surface area (Å²) in [5.74, 6) is -4.39. The van der Waals surface area contributed by atoms with Crippen molar-refractivity contribution in [2.45, 2.75) is 38.2 Å². The fourth-order valence-electron chi connectivity index (χ4n) is 1.95. The van der Waals surface area contributed by atoms with Crippen LogP contribution in [-0.4, -0.2) is 109 Å². The largest absolute Gasteiger partial charge is 0.481 e. The van der Waals surface area contributed by atoms with Crippen LogP contribution in [0.1, 0.15) is 32.6 Å². The highest BCUT2D eigenvalue weighted by molar-refractivity contribution is 5.88. The third kappa shape index (κ3) is 18.2. The van der Waals surface area contributed by atoms with Gasteiger partial charge < -0.3 is 44.5 Å². The minimum Gasteiger partial charge on any atom is -0.481 e. The summed E-state index contributed by atoms with van der Waals surface area (Å²) in [6, 6.07) is 0. The predicted molar refractivity (Wildman–Crippen MR) is 102 cm³/mol. The van der Waals surface area contributed by atoms with E-state index in [2.05, 4.69) is 0 Å². The monoisotopic (exact) mass is 442 g/mol. The summed E-state index contributed by atoms with van der Waals surface area (Å²) in [6.45, 7) is 4.63. The normalized spacial score (nSPS) is 10.9. The van der Waals surface area contributed by atoms with Crippen LogP contribution in [0, 0.1) is 0 Å². The molecule has 0 bridgehead atoms. The van der Waals surface area contributed by atoms with E-state index in [1.807, 2.05) is 6.92 Å². The van der Waals surface area contributed by atoms with Gasteiger partial charge in [0.1, 0.15) is 0 Å². The zero-order chi connectivity index (χ0) is 23.3. The number of hydrogen-bond donors (Lipinski definition) is 5. The molecule has 0 amide bonds. The number of rotatable bonds is 19. The van der Waals surface area contributed by atoms with Crippen LogP contribution >= 0.6 is 0 Å². The van der Waals surface area contributed by atoms with Crippen molar-refractivity contribution >= 4 is 17.9 Å². The fourth-order valence-corrected chi connectivity index (χ4v) is 1.95. The van der Waals surface area contributed by atoms with Crippen LogP contribution in [0.2, 0.25) is 0 Å². The molecule has 178 valence electrons. The summed E-state index contributed by atoms with van der Waals surface area (Å²) in [4.78, 5) is 32.2. The maximum absolute atomic E-state index is 11.0. The Kier molecular flexibility index (Phi) is 20.7. The summed E-state index contributed by atoms with van der Waals surface area (Å²) in [5.41, 5.74) is -2.19. The Balaban J connectivity index is 0. The molecule has 0 aliphatic rings. The zero-order valence-electron chi connectivity index (χ0n) is 17.3. The molecule has 12 nitrogen and oxygen atoms in total. The number of aliphatic carboxylic acids is 3. The summed E-state index contributed by atoms with van der Waals surface area (Å²) in [5, 5.41) is 42.9. The first-order chi connectivity index (χ1) is 14.3. The second-order valence-electron chi connectivity index (χ2n) is 5.93. The fraction of sp³-hybridized carbons (Fsp3) is 0.833. The van der Waals surface area contributed by atoms with Crippen LogP contribution in [0.5, 0.6) is 0 Å². The maximum Gasteiger partial charge on any atom is 0.337 e. The van der Waals surface area contributed by atoms with Crippen LogP contribution in [0.15, 0.2) is 0 Å². The van der Waals surface area contributed by atoms with E-state index < -0.39 is 36.4 Å². The molecule has 0 aromatic heterocycles. The zero-order valence-corrected chi connectivity index (χ0v) is 17.3. The second kappa shape index (κ2) is 20.4. The summed E-state index contributed by atoms with van der Waals surface area (Å²) >= 11 is 0. The lowest BCUT2D eigenvalue weighted by atomic mass is 9.95. The number of aliphatic hydroxyl groups excluding tert-OH is 2. The van der Waals surface area contributed by atoms with Crippen molar-refractivity contribution < 1.29 is 58.9 Å². The van der Waals surface area contributed by atoms with Gasteiger partial charge in [-0.15, -0.1) is 0 Å². The Morgan fingerprint density at radius 1 is 0.700 bits per heavy atom. The van der Waals surface area contributed by atoms with Crippen molar-refractivity contribution in [3.8, 4) is 0 Å². The van der Waals surface area contributed by atoms with Gasteiger partial charge in [0, 0.05) is 6.61 Å². The molecule has 0 heterocycles. The molecule has 0 aromatic carbocycles. The Labute approximate surface area is 175 Å². The molecular formula is C18H34O12. The first-order valence-corrected chi connectivity index (χ1v) is 9.51. The van der Waals surface area contributed by atoms with Gasteiger partial charge in [0.15, 0.2) is 5.60 Å². The predicted octanol–water partition coefficient (Wildman–Crippen LogP) is -0.403. The van der Waals surface area contributed by atoms with Crippen LogP contribution < -0.4 is 0 Å². The molecule has 0 unspecified atom stereocenters. The Bertz CT molecular complexity index is 428. The van der Waals surface area contributed by atoms with Gasteiger partial charge in [0.05, 0.1) is 65.7 Å². The lowest BCUT2D eigenvalue weighted by Gasteiger charge is -2.26. The summed E-state index contributed by atoms with van der Waals surface area (Å²) in [6.07, 6.45) is -0.485. The van der Waals surface area contributed by atoms with Crippen molar-refractivity contribution in [2.24, 2.45) is 0 Å². The van der Waals surface area contributed by atoms with Gasteiger partial charge >= 0.3 is 17.9 Å². The summed E-state index contributed by atoms with van der Waals surface area (Å²) in [7, 11) is 0. The van der Waals surface area contributed by atoms with Crippen LogP contribution in [0.4, 0.5) is 0 Å². The number of carboxylic acid groups (broad SMARTS) is 3. The van der Waals surface area contributed by atoms with E-state index in [-0.39, 0.29) is 19.8 Å². The minimum atomic E-state index is -2.19. The van der Waals surface area contributed by atoms with Gasteiger partial charge in [-0.3, -0.25) is 9.59 Å². The lowest BCUT2D eigenvalue weighted by molar-refractivity contribution is -0.178. The third-order valence-electron chi connectivity index (χ3n) is 3.35. The van der Waals surface area contributed by atoms with E-state index in [0.29, 0.717) is 46.1 Å². The molecule has 0 saturated heterocycles. The van der Waals surface area contributed by atoms with E-state index in [1.165, 1.54) is 0 Å². The molecule has 0 fully saturated rings.